The molecule has 0 atom stereocenters. The summed E-state index contributed by atoms with van der Waals surface area (Å²) in [6, 6.07) is 4.84. The monoisotopic (exact) mass is 356 g/mol. The Balaban J connectivity index is 1.99. The van der Waals surface area contributed by atoms with Gasteiger partial charge in [-0.3, -0.25) is 4.79 Å². The van der Waals surface area contributed by atoms with E-state index in [4.69, 9.17) is 0 Å². The van der Waals surface area contributed by atoms with Crippen LogP contribution in [0.2, 0.25) is 0 Å². The van der Waals surface area contributed by atoms with Crippen molar-refractivity contribution in [3.63, 3.8) is 0 Å². The Morgan fingerprint density at radius 2 is 1.79 bits per heavy atom. The number of carbonyl (C=O) groups is 1. The summed E-state index contributed by atoms with van der Waals surface area (Å²) in [7, 11) is -1.83. The summed E-state index contributed by atoms with van der Waals surface area (Å²) in [5.41, 5.74) is 0. The predicted octanol–water partition coefficient (Wildman–Crippen LogP) is 2.34. The lowest BCUT2D eigenvalue weighted by atomic mass is 9.96. The van der Waals surface area contributed by atoms with Gasteiger partial charge in [0.05, 0.1) is 4.90 Å². The Morgan fingerprint density at radius 1 is 1.25 bits per heavy atom. The first-order chi connectivity index (χ1) is 11.2. The largest absolute Gasteiger partial charge is 0.345 e. The molecule has 1 aromatic carbocycles. The van der Waals surface area contributed by atoms with Crippen molar-refractivity contribution in [1.82, 2.24) is 9.21 Å². The van der Waals surface area contributed by atoms with E-state index in [1.54, 1.807) is 11.9 Å². The van der Waals surface area contributed by atoms with Crippen LogP contribution in [0.25, 0.3) is 0 Å². The van der Waals surface area contributed by atoms with Gasteiger partial charge in [0.15, 0.2) is 0 Å². The molecule has 1 saturated heterocycles. The molecule has 1 aliphatic rings. The second-order valence-electron chi connectivity index (χ2n) is 6.74. The Morgan fingerprint density at radius 3 is 2.29 bits per heavy atom. The number of piperidine rings is 1. The van der Waals surface area contributed by atoms with Gasteiger partial charge in [0, 0.05) is 32.6 Å². The molecule has 24 heavy (non-hydrogen) atoms. The molecule has 2 rings (SSSR count). The summed E-state index contributed by atoms with van der Waals surface area (Å²) < 4.78 is 39.5. The third kappa shape index (κ3) is 4.33. The number of nitrogens with zero attached hydrogens (tertiary/aromatic N) is 2. The fourth-order valence-corrected chi connectivity index (χ4v) is 4.52. The van der Waals surface area contributed by atoms with Crippen molar-refractivity contribution in [3.05, 3.63) is 30.1 Å². The summed E-state index contributed by atoms with van der Waals surface area (Å²) in [4.78, 5) is 14.2. The molecule has 1 amide bonds. The third-order valence-electron chi connectivity index (χ3n) is 4.27. The van der Waals surface area contributed by atoms with Crippen molar-refractivity contribution in [2.45, 2.75) is 31.6 Å². The highest BCUT2D eigenvalue weighted by atomic mass is 32.2. The van der Waals surface area contributed by atoms with E-state index < -0.39 is 15.8 Å². The van der Waals surface area contributed by atoms with Gasteiger partial charge in [0.25, 0.3) is 0 Å². The molecule has 0 bridgehead atoms. The zero-order valence-corrected chi connectivity index (χ0v) is 15.2. The number of carbonyl (C=O) groups excluding carboxylic acids is 1. The van der Waals surface area contributed by atoms with Gasteiger partial charge in [-0.15, -0.1) is 0 Å². The van der Waals surface area contributed by atoms with Crippen LogP contribution in [0.3, 0.4) is 0 Å². The molecule has 0 N–H and O–H groups in total. The van der Waals surface area contributed by atoms with E-state index in [0.29, 0.717) is 38.4 Å². The lowest BCUT2D eigenvalue weighted by Crippen LogP contribution is -2.44. The molecule has 1 heterocycles. The normalized spacial score (nSPS) is 17.2. The lowest BCUT2D eigenvalue weighted by molar-refractivity contribution is -0.135. The molecule has 1 aromatic rings. The van der Waals surface area contributed by atoms with Gasteiger partial charge in [-0.25, -0.2) is 12.8 Å². The fraction of sp³-hybridized carbons (Fsp3) is 0.588. The summed E-state index contributed by atoms with van der Waals surface area (Å²) in [6.07, 6.45) is 1.03. The minimum Gasteiger partial charge on any atom is -0.345 e. The highest BCUT2D eigenvalue weighted by molar-refractivity contribution is 7.89. The van der Waals surface area contributed by atoms with Crippen molar-refractivity contribution in [3.8, 4) is 0 Å². The van der Waals surface area contributed by atoms with Crippen molar-refractivity contribution in [2.24, 2.45) is 11.8 Å². The minimum atomic E-state index is -3.63. The predicted molar refractivity (Wildman–Crippen MR) is 90.4 cm³/mol. The fourth-order valence-electron chi connectivity index (χ4n) is 3.05. The molecule has 0 saturated carbocycles. The quantitative estimate of drug-likeness (QED) is 0.814. The van der Waals surface area contributed by atoms with E-state index >= 15 is 0 Å². The van der Waals surface area contributed by atoms with Crippen LogP contribution in [0, 0.1) is 17.7 Å². The number of amides is 1. The number of benzene rings is 1. The highest BCUT2D eigenvalue weighted by Crippen LogP contribution is 2.25. The third-order valence-corrected chi connectivity index (χ3v) is 6.18. The number of rotatable bonds is 5. The van der Waals surface area contributed by atoms with Gasteiger partial charge in [0.1, 0.15) is 5.82 Å². The average molecular weight is 356 g/mol. The average Bonchev–Trinajstić information content (AvgIpc) is 2.54. The van der Waals surface area contributed by atoms with Gasteiger partial charge in [0.2, 0.25) is 15.9 Å². The molecule has 5 nitrogen and oxygen atoms in total. The van der Waals surface area contributed by atoms with Crippen LogP contribution in [-0.2, 0) is 14.8 Å². The van der Waals surface area contributed by atoms with Gasteiger partial charge in [-0.1, -0.05) is 13.8 Å². The van der Waals surface area contributed by atoms with Gasteiger partial charge in [-0.05, 0) is 43.0 Å². The second-order valence-corrected chi connectivity index (χ2v) is 8.68. The van der Waals surface area contributed by atoms with Crippen LogP contribution >= 0.6 is 0 Å². The van der Waals surface area contributed by atoms with Crippen molar-refractivity contribution in [1.29, 1.82) is 0 Å². The van der Waals surface area contributed by atoms with E-state index in [2.05, 4.69) is 13.8 Å². The molecule has 0 unspecified atom stereocenters. The Labute approximate surface area is 143 Å². The van der Waals surface area contributed by atoms with Crippen molar-refractivity contribution in [2.75, 3.05) is 26.7 Å². The van der Waals surface area contributed by atoms with Crippen LogP contribution in [0.15, 0.2) is 29.2 Å². The van der Waals surface area contributed by atoms with Crippen LogP contribution in [-0.4, -0.2) is 50.2 Å². The van der Waals surface area contributed by atoms with E-state index in [-0.39, 0.29) is 16.7 Å². The maximum absolute atomic E-state index is 13.0. The number of hydrogen-bond donors (Lipinski definition) is 0. The first-order valence-corrected chi connectivity index (χ1v) is 9.66. The molecule has 1 fully saturated rings. The highest BCUT2D eigenvalue weighted by Gasteiger charge is 2.33. The first kappa shape index (κ1) is 18.9. The Bertz CT molecular complexity index is 666. The molecule has 134 valence electrons. The molecule has 0 radical (unpaired) electrons. The maximum atomic E-state index is 13.0. The standard InChI is InChI=1S/C17H25FN2O3S/c1-13(2)12-19(3)17(21)14-8-10-20(11-9-14)24(22,23)16-6-4-15(18)5-7-16/h4-7,13-14H,8-12H2,1-3H3. The van der Waals surface area contributed by atoms with Crippen molar-refractivity contribution >= 4 is 15.9 Å². The smallest absolute Gasteiger partial charge is 0.243 e. The molecule has 0 aromatic heterocycles. The SMILES string of the molecule is CC(C)CN(C)C(=O)C1CCN(S(=O)(=O)c2ccc(F)cc2)CC1. The molecule has 1 aliphatic heterocycles. The molecule has 0 spiro atoms. The Hall–Kier alpha value is -1.47. The molecule has 0 aliphatic carbocycles. The summed E-state index contributed by atoms with van der Waals surface area (Å²) in [6.45, 7) is 5.44. The van der Waals surface area contributed by atoms with Crippen LogP contribution < -0.4 is 0 Å². The van der Waals surface area contributed by atoms with Crippen LogP contribution in [0.5, 0.6) is 0 Å². The number of hydrogen-bond acceptors (Lipinski definition) is 3. The Kier molecular flexibility index (Phi) is 5.98. The number of halogens is 1. The van der Waals surface area contributed by atoms with Crippen LogP contribution in [0.1, 0.15) is 26.7 Å². The van der Waals surface area contributed by atoms with E-state index in [0.717, 1.165) is 12.1 Å². The molecular formula is C17H25FN2O3S. The number of sulfonamides is 1. The first-order valence-electron chi connectivity index (χ1n) is 8.22. The lowest BCUT2D eigenvalue weighted by Gasteiger charge is -2.33. The van der Waals surface area contributed by atoms with Gasteiger partial charge in [-0.2, -0.15) is 4.31 Å². The zero-order chi connectivity index (χ0) is 17.9. The van der Waals surface area contributed by atoms with E-state index in [1.807, 2.05) is 0 Å². The van der Waals surface area contributed by atoms with Gasteiger partial charge < -0.3 is 4.90 Å². The summed E-state index contributed by atoms with van der Waals surface area (Å²) in [5.74, 6) is -0.111. The van der Waals surface area contributed by atoms with Crippen molar-refractivity contribution < 1.29 is 17.6 Å². The van der Waals surface area contributed by atoms with Crippen LogP contribution in [0.4, 0.5) is 4.39 Å². The summed E-state index contributed by atoms with van der Waals surface area (Å²) in [5, 5.41) is 0. The maximum Gasteiger partial charge on any atom is 0.243 e. The minimum absolute atomic E-state index is 0.0857. The second kappa shape index (κ2) is 7.61. The topological polar surface area (TPSA) is 57.7 Å². The summed E-state index contributed by atoms with van der Waals surface area (Å²) >= 11 is 0. The zero-order valence-electron chi connectivity index (χ0n) is 14.4. The molecular weight excluding hydrogens is 331 g/mol. The van der Waals surface area contributed by atoms with E-state index in [9.17, 15) is 17.6 Å². The van der Waals surface area contributed by atoms with Gasteiger partial charge >= 0.3 is 0 Å². The molecule has 7 heteroatoms. The van der Waals surface area contributed by atoms with E-state index in [1.165, 1.54) is 16.4 Å².